The summed E-state index contributed by atoms with van der Waals surface area (Å²) < 4.78 is 0. The van der Waals surface area contributed by atoms with Gasteiger partial charge in [0.1, 0.15) is 0 Å². The maximum atomic E-state index is 12.7. The molecule has 4 N–H and O–H groups in total. The molecule has 0 aliphatic carbocycles. The van der Waals surface area contributed by atoms with Gasteiger partial charge in [-0.3, -0.25) is 19.6 Å². The summed E-state index contributed by atoms with van der Waals surface area (Å²) in [6.45, 7) is 2.80. The lowest BCUT2D eigenvalue weighted by atomic mass is 9.87. The van der Waals surface area contributed by atoms with E-state index in [4.69, 9.17) is 5.11 Å². The first-order valence-corrected chi connectivity index (χ1v) is 8.87. The maximum absolute atomic E-state index is 12.7. The summed E-state index contributed by atoms with van der Waals surface area (Å²) in [5.41, 5.74) is 1.45. The van der Waals surface area contributed by atoms with Gasteiger partial charge in [0, 0.05) is 37.2 Å². The Morgan fingerprint density at radius 2 is 2.04 bits per heavy atom. The van der Waals surface area contributed by atoms with Crippen molar-refractivity contribution in [1.29, 1.82) is 0 Å². The van der Waals surface area contributed by atoms with Crippen molar-refractivity contribution in [2.45, 2.75) is 25.4 Å². The number of nitrogens with zero attached hydrogens (tertiary/aromatic N) is 2. The van der Waals surface area contributed by atoms with Crippen LogP contribution in [0.3, 0.4) is 0 Å². The first-order chi connectivity index (χ1) is 13.4. The van der Waals surface area contributed by atoms with E-state index < -0.39 is 11.9 Å². The van der Waals surface area contributed by atoms with E-state index in [9.17, 15) is 14.4 Å². The van der Waals surface area contributed by atoms with Crippen molar-refractivity contribution in [1.82, 2.24) is 20.6 Å². The highest BCUT2D eigenvalue weighted by molar-refractivity contribution is 6.36. The Labute approximate surface area is 161 Å². The number of aliphatic carboxylic acids is 1. The minimum atomic E-state index is -1.61. The quantitative estimate of drug-likeness (QED) is 0.578. The summed E-state index contributed by atoms with van der Waals surface area (Å²) in [4.78, 5) is 42.6. The Kier molecular flexibility index (Phi) is 5.95. The number of piperidine rings is 1. The molecule has 1 fully saturated rings. The molecule has 28 heavy (non-hydrogen) atoms. The van der Waals surface area contributed by atoms with Gasteiger partial charge in [-0.05, 0) is 30.0 Å². The van der Waals surface area contributed by atoms with Crippen molar-refractivity contribution in [2.75, 3.05) is 11.9 Å². The average Bonchev–Trinajstić information content (AvgIpc) is 2.70. The topological polar surface area (TPSA) is 133 Å². The SMILES string of the molecule is CC1CNC(c2cccnc2)CC1NC(=O)c1cncc(NC(=O)C(=O)O)c1. The van der Waals surface area contributed by atoms with Crippen molar-refractivity contribution >= 4 is 23.5 Å². The number of carbonyl (C=O) groups is 3. The van der Waals surface area contributed by atoms with Crippen LogP contribution in [0, 0.1) is 5.92 Å². The lowest BCUT2D eigenvalue weighted by Crippen LogP contribution is -2.49. The second-order valence-corrected chi connectivity index (χ2v) is 6.76. The van der Waals surface area contributed by atoms with Gasteiger partial charge < -0.3 is 21.1 Å². The fraction of sp³-hybridized carbons (Fsp3) is 0.316. The third-order valence-corrected chi connectivity index (χ3v) is 4.72. The van der Waals surface area contributed by atoms with Gasteiger partial charge in [-0.2, -0.15) is 0 Å². The van der Waals surface area contributed by atoms with Crippen molar-refractivity contribution < 1.29 is 19.5 Å². The van der Waals surface area contributed by atoms with E-state index in [1.807, 2.05) is 18.3 Å². The van der Waals surface area contributed by atoms with E-state index in [0.29, 0.717) is 6.42 Å². The van der Waals surface area contributed by atoms with E-state index in [2.05, 4.69) is 32.8 Å². The number of nitrogens with one attached hydrogen (secondary N) is 3. The van der Waals surface area contributed by atoms with Gasteiger partial charge in [0.15, 0.2) is 0 Å². The van der Waals surface area contributed by atoms with E-state index in [1.54, 1.807) is 6.20 Å². The number of carboxylic acids is 1. The highest BCUT2D eigenvalue weighted by Gasteiger charge is 2.29. The Morgan fingerprint density at radius 1 is 1.21 bits per heavy atom. The van der Waals surface area contributed by atoms with Crippen LogP contribution >= 0.6 is 0 Å². The molecule has 3 heterocycles. The molecule has 1 aliphatic heterocycles. The van der Waals surface area contributed by atoms with Crippen molar-refractivity contribution in [3.63, 3.8) is 0 Å². The first kappa shape index (κ1) is 19.4. The normalized spacial score (nSPS) is 21.5. The monoisotopic (exact) mass is 383 g/mol. The smallest absolute Gasteiger partial charge is 0.394 e. The molecule has 3 unspecified atom stereocenters. The number of hydrogen-bond acceptors (Lipinski definition) is 6. The molecule has 2 aromatic heterocycles. The zero-order chi connectivity index (χ0) is 20.1. The fourth-order valence-corrected chi connectivity index (χ4v) is 3.15. The second-order valence-electron chi connectivity index (χ2n) is 6.76. The highest BCUT2D eigenvalue weighted by atomic mass is 16.4. The van der Waals surface area contributed by atoms with Gasteiger partial charge >= 0.3 is 11.9 Å². The number of amides is 2. The minimum absolute atomic E-state index is 0.0591. The number of carboxylic acid groups (broad SMARTS) is 1. The number of rotatable bonds is 4. The predicted molar refractivity (Wildman–Crippen MR) is 101 cm³/mol. The number of aromatic nitrogens is 2. The molecule has 9 nitrogen and oxygen atoms in total. The third kappa shape index (κ3) is 4.68. The van der Waals surface area contributed by atoms with Crippen LogP contribution in [0.25, 0.3) is 0 Å². The van der Waals surface area contributed by atoms with Crippen LogP contribution in [0.4, 0.5) is 5.69 Å². The number of carbonyl (C=O) groups excluding carboxylic acids is 2. The molecular formula is C19H21N5O4. The molecule has 3 rings (SSSR count). The van der Waals surface area contributed by atoms with Crippen LogP contribution in [0.1, 0.15) is 35.3 Å². The standard InChI is InChI=1S/C19H21N5O4/c1-11-7-22-16(12-3-2-4-20-8-12)6-15(11)24-17(25)13-5-14(10-21-9-13)23-18(26)19(27)28/h2-5,8-11,15-16,22H,6-7H2,1H3,(H,23,26)(H,24,25)(H,27,28). The molecule has 2 amide bonds. The van der Waals surface area contributed by atoms with Crippen LogP contribution in [-0.2, 0) is 9.59 Å². The molecule has 2 aromatic rings. The zero-order valence-electron chi connectivity index (χ0n) is 15.3. The second kappa shape index (κ2) is 8.57. The molecule has 0 radical (unpaired) electrons. The summed E-state index contributed by atoms with van der Waals surface area (Å²) >= 11 is 0. The summed E-state index contributed by atoms with van der Waals surface area (Å²) in [6.07, 6.45) is 6.89. The number of pyridine rings is 2. The van der Waals surface area contributed by atoms with E-state index >= 15 is 0 Å². The van der Waals surface area contributed by atoms with Gasteiger partial charge in [0.05, 0.1) is 17.4 Å². The van der Waals surface area contributed by atoms with Gasteiger partial charge in [-0.1, -0.05) is 13.0 Å². The Morgan fingerprint density at radius 3 is 2.75 bits per heavy atom. The summed E-state index contributed by atoms with van der Waals surface area (Å²) in [5, 5.41) is 17.3. The average molecular weight is 383 g/mol. The van der Waals surface area contributed by atoms with Crippen LogP contribution < -0.4 is 16.0 Å². The summed E-state index contributed by atoms with van der Waals surface area (Å²) in [7, 11) is 0. The van der Waals surface area contributed by atoms with Crippen LogP contribution in [0.15, 0.2) is 43.0 Å². The minimum Gasteiger partial charge on any atom is -0.474 e. The Bertz CT molecular complexity index is 874. The lowest BCUT2D eigenvalue weighted by Gasteiger charge is -2.36. The van der Waals surface area contributed by atoms with Crippen molar-refractivity contribution in [2.24, 2.45) is 5.92 Å². The molecule has 9 heteroatoms. The highest BCUT2D eigenvalue weighted by Crippen LogP contribution is 2.26. The number of hydrogen-bond donors (Lipinski definition) is 4. The van der Waals surface area contributed by atoms with E-state index in [-0.39, 0.29) is 35.2 Å². The van der Waals surface area contributed by atoms with Gasteiger partial charge in [-0.15, -0.1) is 0 Å². The molecular weight excluding hydrogens is 362 g/mol. The van der Waals surface area contributed by atoms with Gasteiger partial charge in [0.2, 0.25) is 0 Å². The van der Waals surface area contributed by atoms with Crippen LogP contribution in [0.5, 0.6) is 0 Å². The van der Waals surface area contributed by atoms with Gasteiger partial charge in [-0.25, -0.2) is 4.79 Å². The van der Waals surface area contributed by atoms with Crippen molar-refractivity contribution in [3.05, 3.63) is 54.1 Å². The predicted octanol–water partition coefficient (Wildman–Crippen LogP) is 0.969. The first-order valence-electron chi connectivity index (χ1n) is 8.87. The van der Waals surface area contributed by atoms with Crippen LogP contribution in [-0.4, -0.2) is 45.4 Å². The lowest BCUT2D eigenvalue weighted by molar-refractivity contribution is -0.147. The zero-order valence-corrected chi connectivity index (χ0v) is 15.3. The summed E-state index contributed by atoms with van der Waals surface area (Å²) in [5.74, 6) is -2.91. The molecule has 146 valence electrons. The molecule has 0 aromatic carbocycles. The molecule has 1 aliphatic rings. The maximum Gasteiger partial charge on any atom is 0.394 e. The third-order valence-electron chi connectivity index (χ3n) is 4.72. The molecule has 0 saturated carbocycles. The molecule has 0 bridgehead atoms. The van der Waals surface area contributed by atoms with Crippen molar-refractivity contribution in [3.8, 4) is 0 Å². The Hall–Kier alpha value is -3.33. The number of anilines is 1. The van der Waals surface area contributed by atoms with Gasteiger partial charge in [0.25, 0.3) is 5.91 Å². The molecule has 0 spiro atoms. The molecule has 3 atom stereocenters. The van der Waals surface area contributed by atoms with E-state index in [0.717, 1.165) is 12.1 Å². The largest absolute Gasteiger partial charge is 0.474 e. The summed E-state index contributed by atoms with van der Waals surface area (Å²) in [6, 6.07) is 5.31. The van der Waals surface area contributed by atoms with Crippen LogP contribution in [0.2, 0.25) is 0 Å². The van der Waals surface area contributed by atoms with E-state index in [1.165, 1.54) is 18.5 Å². The Balaban J connectivity index is 1.67. The molecule has 1 saturated heterocycles. The fourth-order valence-electron chi connectivity index (χ4n) is 3.15.